The monoisotopic (exact) mass is 534 g/mol. The van der Waals surface area contributed by atoms with Crippen molar-refractivity contribution in [1.82, 2.24) is 14.8 Å². The summed E-state index contributed by atoms with van der Waals surface area (Å²) in [5.41, 5.74) is 2.35. The Labute approximate surface area is 225 Å². The highest BCUT2D eigenvalue weighted by Gasteiger charge is 2.45. The number of likely N-dealkylation sites (tertiary alicyclic amines) is 1. The standard InChI is InChI=1S/C29H31FN4O5/c1-29(2,3)39-28(37)34-14-20(15-34)26(35)32-23-11-19(13-31)21(23)9-18-6-5-16(10-22(18)30)17-7-8-25-24(12-17)33(4)27(36)38-25/h5-8,10,12,19-21,23H,9,11,14-15H2,1-4H3,(H,32,35)/t19?,21-,23?/m0/s1. The number of hydrogen-bond acceptors (Lipinski definition) is 6. The molecule has 2 heterocycles. The third-order valence-corrected chi connectivity index (χ3v) is 7.57. The molecule has 2 unspecified atom stereocenters. The number of nitrogens with zero attached hydrogens (tertiary/aromatic N) is 3. The zero-order valence-corrected chi connectivity index (χ0v) is 22.4. The second kappa shape index (κ2) is 9.88. The number of carbonyl (C=O) groups is 2. The molecule has 0 radical (unpaired) electrons. The van der Waals surface area contributed by atoms with Crippen LogP contribution in [0.2, 0.25) is 0 Å². The molecule has 1 aliphatic carbocycles. The van der Waals surface area contributed by atoms with Crippen molar-refractivity contribution < 1.29 is 23.1 Å². The van der Waals surface area contributed by atoms with Gasteiger partial charge in [-0.3, -0.25) is 9.36 Å². The Morgan fingerprint density at radius 1 is 1.18 bits per heavy atom. The first-order valence-electron chi connectivity index (χ1n) is 13.0. The lowest BCUT2D eigenvalue weighted by molar-refractivity contribution is -0.132. The molecule has 10 heteroatoms. The molecule has 1 saturated carbocycles. The highest BCUT2D eigenvalue weighted by Crippen LogP contribution is 2.38. The Bertz CT molecular complexity index is 1540. The summed E-state index contributed by atoms with van der Waals surface area (Å²) in [6, 6.07) is 12.2. The second-order valence-corrected chi connectivity index (χ2v) is 11.5. The summed E-state index contributed by atoms with van der Waals surface area (Å²) in [5, 5.41) is 12.6. The molecule has 1 aromatic heterocycles. The Hall–Kier alpha value is -4.13. The summed E-state index contributed by atoms with van der Waals surface area (Å²) >= 11 is 0. The molecule has 1 saturated heterocycles. The predicted molar refractivity (Wildman–Crippen MR) is 141 cm³/mol. The molecule has 3 atom stereocenters. The van der Waals surface area contributed by atoms with Crippen LogP contribution in [0.4, 0.5) is 9.18 Å². The van der Waals surface area contributed by atoms with Gasteiger partial charge < -0.3 is 19.4 Å². The molecule has 39 heavy (non-hydrogen) atoms. The lowest BCUT2D eigenvalue weighted by atomic mass is 9.67. The molecule has 2 amide bonds. The molecule has 204 valence electrons. The smallest absolute Gasteiger partial charge is 0.419 e. The maximum absolute atomic E-state index is 15.2. The van der Waals surface area contributed by atoms with Crippen LogP contribution in [0.5, 0.6) is 0 Å². The van der Waals surface area contributed by atoms with Crippen LogP contribution < -0.4 is 11.1 Å². The number of aromatic nitrogens is 1. The van der Waals surface area contributed by atoms with E-state index in [0.29, 0.717) is 35.1 Å². The number of oxazole rings is 1. The number of halogens is 1. The van der Waals surface area contributed by atoms with E-state index >= 15 is 4.39 Å². The number of fused-ring (bicyclic) bond motifs is 1. The maximum Gasteiger partial charge on any atom is 0.419 e. The first-order chi connectivity index (χ1) is 18.4. The number of carbonyl (C=O) groups excluding carboxylic acids is 2. The number of benzene rings is 2. The van der Waals surface area contributed by atoms with Gasteiger partial charge >= 0.3 is 11.8 Å². The Kier molecular flexibility index (Phi) is 6.70. The Balaban J connectivity index is 1.22. The quantitative estimate of drug-likeness (QED) is 0.529. The minimum Gasteiger partial charge on any atom is -0.444 e. The molecule has 1 N–H and O–H groups in total. The predicted octanol–water partition coefficient (Wildman–Crippen LogP) is 3.99. The third-order valence-electron chi connectivity index (χ3n) is 7.57. The second-order valence-electron chi connectivity index (χ2n) is 11.5. The summed E-state index contributed by atoms with van der Waals surface area (Å²) in [4.78, 5) is 38.2. The number of amides is 2. The number of hydrogen-bond donors (Lipinski definition) is 1. The highest BCUT2D eigenvalue weighted by atomic mass is 19.1. The van der Waals surface area contributed by atoms with Crippen molar-refractivity contribution in [2.45, 2.75) is 45.3 Å². The van der Waals surface area contributed by atoms with E-state index in [9.17, 15) is 19.6 Å². The summed E-state index contributed by atoms with van der Waals surface area (Å²) in [6.07, 6.45) is 0.392. The van der Waals surface area contributed by atoms with E-state index in [-0.39, 0.29) is 42.8 Å². The van der Waals surface area contributed by atoms with Gasteiger partial charge in [0.05, 0.1) is 23.4 Å². The fraction of sp³-hybridized carbons (Fsp3) is 0.448. The van der Waals surface area contributed by atoms with Gasteiger partial charge in [0, 0.05) is 26.2 Å². The van der Waals surface area contributed by atoms with Crippen molar-refractivity contribution in [2.24, 2.45) is 24.8 Å². The fourth-order valence-corrected chi connectivity index (χ4v) is 5.18. The minimum atomic E-state index is -0.601. The summed E-state index contributed by atoms with van der Waals surface area (Å²) in [5.74, 6) is -1.84. The summed E-state index contributed by atoms with van der Waals surface area (Å²) in [6.45, 7) is 5.94. The normalized spacial score (nSPS) is 21.1. The van der Waals surface area contributed by atoms with E-state index in [1.165, 1.54) is 15.5 Å². The van der Waals surface area contributed by atoms with Gasteiger partial charge in [0.15, 0.2) is 5.58 Å². The van der Waals surface area contributed by atoms with E-state index in [4.69, 9.17) is 9.15 Å². The lowest BCUT2D eigenvalue weighted by Gasteiger charge is -2.44. The zero-order valence-electron chi connectivity index (χ0n) is 22.4. The molecule has 2 aliphatic rings. The van der Waals surface area contributed by atoms with Crippen LogP contribution in [-0.4, -0.2) is 46.2 Å². The van der Waals surface area contributed by atoms with Gasteiger partial charge in [-0.05, 0) is 74.4 Å². The maximum atomic E-state index is 15.2. The van der Waals surface area contributed by atoms with Gasteiger partial charge in [0.25, 0.3) is 0 Å². The van der Waals surface area contributed by atoms with Crippen LogP contribution >= 0.6 is 0 Å². The van der Waals surface area contributed by atoms with Gasteiger partial charge in [-0.15, -0.1) is 0 Å². The first kappa shape index (κ1) is 26.5. The molecule has 0 bridgehead atoms. The molecule has 3 aromatic rings. The average molecular weight is 535 g/mol. The van der Waals surface area contributed by atoms with Crippen LogP contribution in [0.1, 0.15) is 32.8 Å². The molecule has 5 rings (SSSR count). The number of aryl methyl sites for hydroxylation is 1. The third kappa shape index (κ3) is 5.26. The summed E-state index contributed by atoms with van der Waals surface area (Å²) < 4.78 is 27.1. The molecule has 9 nitrogen and oxygen atoms in total. The zero-order chi connectivity index (χ0) is 28.1. The van der Waals surface area contributed by atoms with Crippen molar-refractivity contribution in [3.05, 3.63) is 58.3 Å². The summed E-state index contributed by atoms with van der Waals surface area (Å²) in [7, 11) is 1.61. The van der Waals surface area contributed by atoms with Crippen LogP contribution in [0.15, 0.2) is 45.6 Å². The Morgan fingerprint density at radius 3 is 2.54 bits per heavy atom. The van der Waals surface area contributed by atoms with Gasteiger partial charge in [-0.25, -0.2) is 14.0 Å². The molecule has 0 spiro atoms. The van der Waals surface area contributed by atoms with E-state index in [1.807, 2.05) is 6.07 Å². The van der Waals surface area contributed by atoms with Gasteiger partial charge in [0.1, 0.15) is 11.4 Å². The number of rotatable bonds is 5. The van der Waals surface area contributed by atoms with E-state index in [2.05, 4.69) is 11.4 Å². The SMILES string of the molecule is Cn1c(=O)oc2ccc(-c3ccc(C[C@H]4C(C#N)CC4NC(=O)C4CN(C(=O)OC(C)(C)C)C4)c(F)c3)cc21. The van der Waals surface area contributed by atoms with E-state index in [0.717, 1.165) is 5.56 Å². The van der Waals surface area contributed by atoms with Crippen LogP contribution in [0.3, 0.4) is 0 Å². The van der Waals surface area contributed by atoms with Gasteiger partial charge in [-0.2, -0.15) is 5.26 Å². The van der Waals surface area contributed by atoms with Crippen molar-refractivity contribution in [3.63, 3.8) is 0 Å². The van der Waals surface area contributed by atoms with Crippen molar-refractivity contribution >= 4 is 23.1 Å². The average Bonchev–Trinajstić information content (AvgIpc) is 3.11. The topological polar surface area (TPSA) is 118 Å². The number of nitrogens with one attached hydrogen (secondary N) is 1. The molecule has 2 fully saturated rings. The lowest BCUT2D eigenvalue weighted by Crippen LogP contribution is -2.60. The van der Waals surface area contributed by atoms with E-state index < -0.39 is 23.3 Å². The number of ether oxygens (including phenoxy) is 1. The van der Waals surface area contributed by atoms with Crippen LogP contribution in [0.25, 0.3) is 22.2 Å². The molecule has 2 aromatic carbocycles. The minimum absolute atomic E-state index is 0.166. The highest BCUT2D eigenvalue weighted by molar-refractivity contribution is 5.83. The largest absolute Gasteiger partial charge is 0.444 e. The first-order valence-corrected chi connectivity index (χ1v) is 13.0. The number of nitriles is 1. The van der Waals surface area contributed by atoms with Gasteiger partial charge in [-0.1, -0.05) is 18.2 Å². The van der Waals surface area contributed by atoms with Crippen LogP contribution in [0, 0.1) is 34.9 Å². The van der Waals surface area contributed by atoms with Crippen molar-refractivity contribution in [1.29, 1.82) is 5.26 Å². The fourth-order valence-electron chi connectivity index (χ4n) is 5.18. The molecular weight excluding hydrogens is 503 g/mol. The Morgan fingerprint density at radius 2 is 1.87 bits per heavy atom. The van der Waals surface area contributed by atoms with E-state index in [1.54, 1.807) is 52.1 Å². The van der Waals surface area contributed by atoms with Crippen LogP contribution in [-0.2, 0) is 23.0 Å². The van der Waals surface area contributed by atoms with Crippen molar-refractivity contribution in [2.75, 3.05) is 13.1 Å². The molecular formula is C29H31FN4O5. The molecule has 1 aliphatic heterocycles. The van der Waals surface area contributed by atoms with Gasteiger partial charge in [0.2, 0.25) is 5.91 Å². The van der Waals surface area contributed by atoms with Crippen molar-refractivity contribution in [3.8, 4) is 17.2 Å².